The van der Waals surface area contributed by atoms with Gasteiger partial charge < -0.3 is 11.1 Å². The Morgan fingerprint density at radius 1 is 1.69 bits per heavy atom. The molecule has 0 saturated heterocycles. The molecule has 3 nitrogen and oxygen atoms in total. The number of nitrogens with zero attached hydrogens (tertiary/aromatic N) is 1. The normalized spacial score (nSPS) is 15.4. The second-order valence-electron chi connectivity index (χ2n) is 3.54. The molecule has 0 bridgehead atoms. The number of thiazole rings is 1. The third-order valence-corrected chi connectivity index (χ3v) is 3.13. The molecule has 1 aromatic rings. The van der Waals surface area contributed by atoms with Gasteiger partial charge in [-0.1, -0.05) is 6.92 Å². The Labute approximate surface area is 83.4 Å². The van der Waals surface area contributed by atoms with Gasteiger partial charge in [-0.25, -0.2) is 4.98 Å². The van der Waals surface area contributed by atoms with Crippen molar-refractivity contribution in [3.05, 3.63) is 11.1 Å². The van der Waals surface area contributed by atoms with Crippen molar-refractivity contribution in [2.75, 3.05) is 11.9 Å². The first-order valence-corrected chi connectivity index (χ1v) is 5.38. The average molecular weight is 199 g/mol. The van der Waals surface area contributed by atoms with Crippen molar-refractivity contribution < 1.29 is 0 Å². The van der Waals surface area contributed by atoms with Crippen LogP contribution in [0.25, 0.3) is 0 Å². The Hall–Kier alpha value is -0.610. The van der Waals surface area contributed by atoms with Gasteiger partial charge in [0.1, 0.15) is 0 Å². The Balaban J connectivity index is 2.67. The summed E-state index contributed by atoms with van der Waals surface area (Å²) in [5, 5.41) is 6.36. The molecule has 3 N–H and O–H groups in total. The molecule has 74 valence electrons. The molecule has 1 rings (SSSR count). The molecule has 0 aromatic carbocycles. The fourth-order valence-electron chi connectivity index (χ4n) is 0.953. The minimum atomic E-state index is -0.0235. The van der Waals surface area contributed by atoms with E-state index >= 15 is 0 Å². The molecule has 0 spiro atoms. The second-order valence-corrected chi connectivity index (χ2v) is 4.40. The first-order valence-electron chi connectivity index (χ1n) is 4.50. The topological polar surface area (TPSA) is 50.9 Å². The summed E-state index contributed by atoms with van der Waals surface area (Å²) in [4.78, 5) is 4.34. The first-order chi connectivity index (χ1) is 6.09. The summed E-state index contributed by atoms with van der Waals surface area (Å²) in [6, 6.07) is 0. The SMILES string of the molecule is CCC(C)(CN)Nc1nc(C)cs1. The van der Waals surface area contributed by atoms with Crippen LogP contribution < -0.4 is 11.1 Å². The van der Waals surface area contributed by atoms with E-state index in [4.69, 9.17) is 5.73 Å². The molecule has 0 aliphatic carbocycles. The smallest absolute Gasteiger partial charge is 0.183 e. The number of nitrogens with two attached hydrogens (primary N) is 1. The highest BCUT2D eigenvalue weighted by Gasteiger charge is 2.20. The molecule has 1 atom stereocenters. The van der Waals surface area contributed by atoms with Crippen molar-refractivity contribution in [1.29, 1.82) is 0 Å². The lowest BCUT2D eigenvalue weighted by Crippen LogP contribution is -2.41. The Morgan fingerprint density at radius 2 is 2.38 bits per heavy atom. The number of aromatic nitrogens is 1. The highest BCUT2D eigenvalue weighted by Crippen LogP contribution is 2.20. The van der Waals surface area contributed by atoms with Gasteiger partial charge in [0.25, 0.3) is 0 Å². The second kappa shape index (κ2) is 4.07. The van der Waals surface area contributed by atoms with Gasteiger partial charge in [0, 0.05) is 17.5 Å². The number of hydrogen-bond acceptors (Lipinski definition) is 4. The summed E-state index contributed by atoms with van der Waals surface area (Å²) in [6.45, 7) is 6.86. The van der Waals surface area contributed by atoms with E-state index in [1.165, 1.54) is 0 Å². The van der Waals surface area contributed by atoms with Gasteiger partial charge in [-0.15, -0.1) is 11.3 Å². The lowest BCUT2D eigenvalue weighted by atomic mass is 10.00. The van der Waals surface area contributed by atoms with Gasteiger partial charge in [-0.2, -0.15) is 0 Å². The van der Waals surface area contributed by atoms with E-state index in [9.17, 15) is 0 Å². The Morgan fingerprint density at radius 3 is 2.77 bits per heavy atom. The number of hydrogen-bond donors (Lipinski definition) is 2. The molecule has 0 aliphatic heterocycles. The molecule has 0 radical (unpaired) electrons. The van der Waals surface area contributed by atoms with Crippen molar-refractivity contribution in [2.45, 2.75) is 32.7 Å². The lowest BCUT2D eigenvalue weighted by Gasteiger charge is -2.27. The lowest BCUT2D eigenvalue weighted by molar-refractivity contribution is 0.506. The summed E-state index contributed by atoms with van der Waals surface area (Å²) < 4.78 is 0. The van der Waals surface area contributed by atoms with Crippen LogP contribution in [0.5, 0.6) is 0 Å². The van der Waals surface area contributed by atoms with Crippen LogP contribution >= 0.6 is 11.3 Å². The van der Waals surface area contributed by atoms with Gasteiger partial charge in [0.05, 0.1) is 5.69 Å². The van der Waals surface area contributed by atoms with E-state index in [0.29, 0.717) is 6.54 Å². The maximum Gasteiger partial charge on any atom is 0.183 e. The third kappa shape index (κ3) is 2.67. The summed E-state index contributed by atoms with van der Waals surface area (Å²) >= 11 is 1.63. The molecule has 1 heterocycles. The Bertz CT molecular complexity index is 266. The van der Waals surface area contributed by atoms with Crippen LogP contribution in [-0.2, 0) is 0 Å². The fraction of sp³-hybridized carbons (Fsp3) is 0.667. The van der Waals surface area contributed by atoms with Crippen LogP contribution in [0.15, 0.2) is 5.38 Å². The van der Waals surface area contributed by atoms with E-state index in [1.807, 2.05) is 12.3 Å². The summed E-state index contributed by atoms with van der Waals surface area (Å²) in [5.41, 5.74) is 6.72. The zero-order chi connectivity index (χ0) is 9.90. The fourth-order valence-corrected chi connectivity index (χ4v) is 1.79. The van der Waals surface area contributed by atoms with E-state index in [2.05, 4.69) is 24.1 Å². The van der Waals surface area contributed by atoms with E-state index in [0.717, 1.165) is 17.2 Å². The standard InChI is InChI=1S/C9H17N3S/c1-4-9(3,6-10)12-8-11-7(2)5-13-8/h5H,4,6,10H2,1-3H3,(H,11,12). The maximum atomic E-state index is 5.69. The maximum absolute atomic E-state index is 5.69. The first kappa shape index (κ1) is 10.5. The number of anilines is 1. The molecule has 1 unspecified atom stereocenters. The monoisotopic (exact) mass is 199 g/mol. The molecule has 0 amide bonds. The van der Waals surface area contributed by atoms with Gasteiger partial charge in [0.15, 0.2) is 5.13 Å². The zero-order valence-electron chi connectivity index (χ0n) is 8.42. The summed E-state index contributed by atoms with van der Waals surface area (Å²) in [7, 11) is 0. The van der Waals surface area contributed by atoms with Crippen molar-refractivity contribution in [3.63, 3.8) is 0 Å². The molecule has 1 aromatic heterocycles. The van der Waals surface area contributed by atoms with Crippen LogP contribution in [0.4, 0.5) is 5.13 Å². The highest BCUT2D eigenvalue weighted by molar-refractivity contribution is 7.13. The molecular weight excluding hydrogens is 182 g/mol. The van der Waals surface area contributed by atoms with Crippen LogP contribution in [0.3, 0.4) is 0 Å². The van der Waals surface area contributed by atoms with E-state index in [1.54, 1.807) is 11.3 Å². The van der Waals surface area contributed by atoms with Gasteiger partial charge >= 0.3 is 0 Å². The number of aryl methyl sites for hydroxylation is 1. The highest BCUT2D eigenvalue weighted by atomic mass is 32.1. The van der Waals surface area contributed by atoms with Crippen LogP contribution in [0.2, 0.25) is 0 Å². The van der Waals surface area contributed by atoms with Crippen molar-refractivity contribution in [3.8, 4) is 0 Å². The summed E-state index contributed by atoms with van der Waals surface area (Å²) in [6.07, 6.45) is 1.00. The third-order valence-electron chi connectivity index (χ3n) is 2.26. The minimum Gasteiger partial charge on any atom is -0.355 e. The van der Waals surface area contributed by atoms with Crippen LogP contribution in [0, 0.1) is 6.92 Å². The number of nitrogens with one attached hydrogen (secondary N) is 1. The van der Waals surface area contributed by atoms with Crippen molar-refractivity contribution in [1.82, 2.24) is 4.98 Å². The van der Waals surface area contributed by atoms with E-state index < -0.39 is 0 Å². The average Bonchev–Trinajstić information content (AvgIpc) is 2.51. The van der Waals surface area contributed by atoms with Gasteiger partial charge in [-0.3, -0.25) is 0 Å². The minimum absolute atomic E-state index is 0.0235. The molecular formula is C9H17N3S. The van der Waals surface area contributed by atoms with Crippen LogP contribution in [-0.4, -0.2) is 17.1 Å². The van der Waals surface area contributed by atoms with Crippen molar-refractivity contribution >= 4 is 16.5 Å². The van der Waals surface area contributed by atoms with Gasteiger partial charge in [-0.05, 0) is 20.3 Å². The number of rotatable bonds is 4. The quantitative estimate of drug-likeness (QED) is 0.779. The molecule has 0 saturated carbocycles. The largest absolute Gasteiger partial charge is 0.355 e. The van der Waals surface area contributed by atoms with Gasteiger partial charge in [0.2, 0.25) is 0 Å². The molecule has 0 aliphatic rings. The van der Waals surface area contributed by atoms with E-state index in [-0.39, 0.29) is 5.54 Å². The predicted octanol–water partition coefficient (Wildman–Crippen LogP) is 1.99. The predicted molar refractivity (Wildman–Crippen MR) is 58.2 cm³/mol. The molecule has 0 fully saturated rings. The van der Waals surface area contributed by atoms with Crippen LogP contribution in [0.1, 0.15) is 26.0 Å². The van der Waals surface area contributed by atoms with Crippen molar-refractivity contribution in [2.24, 2.45) is 5.73 Å². The molecule has 4 heteroatoms. The zero-order valence-corrected chi connectivity index (χ0v) is 9.24. The summed E-state index contributed by atoms with van der Waals surface area (Å²) in [5.74, 6) is 0. The molecule has 13 heavy (non-hydrogen) atoms. The Kier molecular flexibility index (Phi) is 3.27.